The molecule has 0 amide bonds. The monoisotopic (exact) mass is 387 g/mol. The summed E-state index contributed by atoms with van der Waals surface area (Å²) in [7, 11) is 1.85. The molecular formula is C19H21N3O4S. The van der Waals surface area contributed by atoms with Crippen molar-refractivity contribution in [2.75, 3.05) is 12.4 Å². The number of nitrogens with zero attached hydrogens (tertiary/aromatic N) is 3. The molecule has 2 aromatic heterocycles. The average Bonchev–Trinajstić information content (AvgIpc) is 3.34. The second-order valence-corrected chi connectivity index (χ2v) is 6.91. The van der Waals surface area contributed by atoms with Crippen LogP contribution in [-0.2, 0) is 7.05 Å². The third-order valence-corrected chi connectivity index (χ3v) is 5.09. The van der Waals surface area contributed by atoms with Crippen LogP contribution in [0, 0.1) is 0 Å². The Balaban J connectivity index is 1.49. The van der Waals surface area contributed by atoms with Crippen molar-refractivity contribution >= 4 is 17.5 Å². The minimum atomic E-state index is -0.671. The number of benzene rings is 1. The zero-order valence-corrected chi connectivity index (χ0v) is 16.0. The maximum Gasteiger partial charge on any atom is 0.200 e. The van der Waals surface area contributed by atoms with Gasteiger partial charge in [-0.3, -0.25) is 4.79 Å². The summed E-state index contributed by atoms with van der Waals surface area (Å²) in [6, 6.07) is 10.6. The molecule has 1 atom stereocenters. The summed E-state index contributed by atoms with van der Waals surface area (Å²) in [5, 5.41) is 19.1. The number of carbonyl (C=O) groups is 1. The van der Waals surface area contributed by atoms with Crippen molar-refractivity contribution in [3.8, 4) is 17.3 Å². The van der Waals surface area contributed by atoms with Crippen LogP contribution < -0.4 is 4.74 Å². The molecule has 2 heterocycles. The molecule has 0 saturated heterocycles. The minimum absolute atomic E-state index is 0.0931. The number of ether oxygens (including phenoxy) is 1. The Morgan fingerprint density at radius 1 is 1.30 bits per heavy atom. The van der Waals surface area contributed by atoms with E-state index in [9.17, 15) is 9.90 Å². The van der Waals surface area contributed by atoms with Gasteiger partial charge in [-0.2, -0.15) is 0 Å². The largest absolute Gasteiger partial charge is 0.491 e. The lowest BCUT2D eigenvalue weighted by atomic mass is 10.1. The van der Waals surface area contributed by atoms with Crippen molar-refractivity contribution in [2.24, 2.45) is 7.05 Å². The molecule has 3 rings (SSSR count). The molecule has 1 N–H and O–H groups in total. The number of thioether (sulfide) groups is 1. The highest BCUT2D eigenvalue weighted by Gasteiger charge is 2.15. The second kappa shape index (κ2) is 8.88. The molecule has 1 aromatic carbocycles. The molecule has 27 heavy (non-hydrogen) atoms. The normalized spacial score (nSPS) is 12.1. The standard InChI is InChI=1S/C19H21N3O4S/c1-3-16(24)13-6-8-15(9-7-13)26-11-14(23)12-27-19-21-20-18(22(19)2)17-5-4-10-25-17/h4-10,14,23H,3,11-12H2,1-2H3. The molecule has 3 aromatic rings. The first kappa shape index (κ1) is 19.2. The van der Waals surface area contributed by atoms with Crippen LogP contribution in [0.5, 0.6) is 5.75 Å². The Morgan fingerprint density at radius 2 is 2.07 bits per heavy atom. The van der Waals surface area contributed by atoms with Crippen LogP contribution in [0.2, 0.25) is 0 Å². The summed E-state index contributed by atoms with van der Waals surface area (Å²) in [5.74, 6) is 2.40. The number of hydrogen-bond donors (Lipinski definition) is 1. The first-order chi connectivity index (χ1) is 13.1. The Bertz CT molecular complexity index is 875. The van der Waals surface area contributed by atoms with Gasteiger partial charge in [0.2, 0.25) is 0 Å². The van der Waals surface area contributed by atoms with Gasteiger partial charge in [0, 0.05) is 24.8 Å². The topological polar surface area (TPSA) is 90.4 Å². The predicted molar refractivity (Wildman–Crippen MR) is 102 cm³/mol. The van der Waals surface area contributed by atoms with E-state index in [2.05, 4.69) is 10.2 Å². The van der Waals surface area contributed by atoms with E-state index < -0.39 is 6.10 Å². The van der Waals surface area contributed by atoms with Gasteiger partial charge in [-0.25, -0.2) is 0 Å². The number of aromatic nitrogens is 3. The van der Waals surface area contributed by atoms with E-state index >= 15 is 0 Å². The molecule has 8 heteroatoms. The Hall–Kier alpha value is -2.58. The van der Waals surface area contributed by atoms with Crippen LogP contribution in [0.1, 0.15) is 23.7 Å². The Labute approximate surface area is 161 Å². The summed E-state index contributed by atoms with van der Waals surface area (Å²) in [6.07, 6.45) is 1.39. The van der Waals surface area contributed by atoms with E-state index in [1.54, 1.807) is 36.6 Å². The first-order valence-corrected chi connectivity index (χ1v) is 9.57. The molecule has 0 aliphatic rings. The van der Waals surface area contributed by atoms with Crippen molar-refractivity contribution in [1.82, 2.24) is 14.8 Å². The lowest BCUT2D eigenvalue weighted by Gasteiger charge is -2.12. The Kier molecular flexibility index (Phi) is 6.31. The van der Waals surface area contributed by atoms with E-state index in [-0.39, 0.29) is 12.4 Å². The number of hydrogen-bond acceptors (Lipinski definition) is 7. The van der Waals surface area contributed by atoms with Gasteiger partial charge in [-0.15, -0.1) is 10.2 Å². The molecule has 0 spiro atoms. The van der Waals surface area contributed by atoms with Crippen LogP contribution >= 0.6 is 11.8 Å². The van der Waals surface area contributed by atoms with Gasteiger partial charge < -0.3 is 18.8 Å². The number of aliphatic hydroxyl groups is 1. The van der Waals surface area contributed by atoms with Crippen molar-refractivity contribution in [3.05, 3.63) is 48.2 Å². The van der Waals surface area contributed by atoms with Gasteiger partial charge in [0.1, 0.15) is 12.4 Å². The van der Waals surface area contributed by atoms with Crippen LogP contribution in [0.25, 0.3) is 11.6 Å². The van der Waals surface area contributed by atoms with Gasteiger partial charge in [0.15, 0.2) is 22.5 Å². The van der Waals surface area contributed by atoms with Crippen LogP contribution in [-0.4, -0.2) is 44.1 Å². The number of Topliss-reactive ketones (excluding diaryl/α,β-unsaturated/α-hetero) is 1. The molecule has 0 aliphatic carbocycles. The number of ketones is 1. The Morgan fingerprint density at radius 3 is 2.74 bits per heavy atom. The summed E-state index contributed by atoms with van der Waals surface area (Å²) < 4.78 is 12.7. The zero-order chi connectivity index (χ0) is 19.2. The van der Waals surface area contributed by atoms with E-state index in [0.717, 1.165) is 0 Å². The molecule has 0 radical (unpaired) electrons. The molecule has 0 aliphatic heterocycles. The molecule has 142 valence electrons. The van der Waals surface area contributed by atoms with Gasteiger partial charge in [0.05, 0.1) is 12.4 Å². The van der Waals surface area contributed by atoms with Gasteiger partial charge in [0.25, 0.3) is 0 Å². The van der Waals surface area contributed by atoms with E-state index in [1.165, 1.54) is 11.8 Å². The lowest BCUT2D eigenvalue weighted by Crippen LogP contribution is -2.20. The van der Waals surface area contributed by atoms with E-state index in [0.29, 0.717) is 40.2 Å². The number of furan rings is 1. The highest BCUT2D eigenvalue weighted by Crippen LogP contribution is 2.23. The quantitative estimate of drug-likeness (QED) is 0.445. The number of rotatable bonds is 9. The first-order valence-electron chi connectivity index (χ1n) is 8.58. The van der Waals surface area contributed by atoms with E-state index in [1.807, 2.05) is 24.6 Å². The summed E-state index contributed by atoms with van der Waals surface area (Å²) in [6.45, 7) is 1.98. The molecular weight excluding hydrogens is 366 g/mol. The minimum Gasteiger partial charge on any atom is -0.491 e. The van der Waals surface area contributed by atoms with Crippen molar-refractivity contribution in [2.45, 2.75) is 24.6 Å². The smallest absolute Gasteiger partial charge is 0.200 e. The maximum absolute atomic E-state index is 11.6. The summed E-state index contributed by atoms with van der Waals surface area (Å²) in [4.78, 5) is 11.6. The molecule has 1 unspecified atom stereocenters. The van der Waals surface area contributed by atoms with Crippen molar-refractivity contribution in [1.29, 1.82) is 0 Å². The third kappa shape index (κ3) is 4.78. The van der Waals surface area contributed by atoms with Crippen molar-refractivity contribution < 1.29 is 19.1 Å². The van der Waals surface area contributed by atoms with Crippen molar-refractivity contribution in [3.63, 3.8) is 0 Å². The van der Waals surface area contributed by atoms with Crippen LogP contribution in [0.4, 0.5) is 0 Å². The average molecular weight is 387 g/mol. The summed E-state index contributed by atoms with van der Waals surface area (Å²) in [5.41, 5.74) is 0.663. The highest BCUT2D eigenvalue weighted by atomic mass is 32.2. The second-order valence-electron chi connectivity index (χ2n) is 5.92. The zero-order valence-electron chi connectivity index (χ0n) is 15.2. The highest BCUT2D eigenvalue weighted by molar-refractivity contribution is 7.99. The number of aliphatic hydroxyl groups excluding tert-OH is 1. The molecule has 0 bridgehead atoms. The molecule has 7 nitrogen and oxygen atoms in total. The fraction of sp³-hybridized carbons (Fsp3) is 0.316. The lowest BCUT2D eigenvalue weighted by molar-refractivity contribution is 0.0987. The van der Waals surface area contributed by atoms with Gasteiger partial charge in [-0.05, 0) is 36.4 Å². The SMILES string of the molecule is CCC(=O)c1ccc(OCC(O)CSc2nnc(-c3ccco3)n2C)cc1. The predicted octanol–water partition coefficient (Wildman–Crippen LogP) is 3.20. The fourth-order valence-electron chi connectivity index (χ4n) is 2.41. The summed E-state index contributed by atoms with van der Waals surface area (Å²) >= 11 is 1.39. The molecule has 0 fully saturated rings. The maximum atomic E-state index is 11.6. The van der Waals surface area contributed by atoms with Crippen LogP contribution in [0.3, 0.4) is 0 Å². The van der Waals surface area contributed by atoms with Crippen LogP contribution in [0.15, 0.2) is 52.2 Å². The fourth-order valence-corrected chi connectivity index (χ4v) is 3.23. The number of carbonyl (C=O) groups excluding carboxylic acids is 1. The molecule has 0 saturated carbocycles. The van der Waals surface area contributed by atoms with E-state index in [4.69, 9.17) is 9.15 Å². The third-order valence-electron chi connectivity index (χ3n) is 3.92. The van der Waals surface area contributed by atoms with Gasteiger partial charge >= 0.3 is 0 Å². The van der Waals surface area contributed by atoms with Gasteiger partial charge in [-0.1, -0.05) is 18.7 Å².